The largest absolute Gasteiger partial charge is 0.331 e. The van der Waals surface area contributed by atoms with E-state index in [0.717, 1.165) is 47.9 Å². The number of hydrogen-bond acceptors (Lipinski definition) is 5. The standard InChI is InChI=1S/C8H18N.C7H15N.2C7H15O2P.4CH4/c1-8(2)6-7-9(3,4)5;1-7(2)5-6-8(3)4;2*1-7(2)5-6-9-10(3,4)8;;;;/h1,6-7H2,2-5H3;1,5-6H2,2-4H3;2*1,5-6H2,2-4H3;4*1H4/q+1;;;;;;;. The summed E-state index contributed by atoms with van der Waals surface area (Å²) >= 11 is 0. The Morgan fingerprint density at radius 1 is 0.610 bits per heavy atom. The van der Waals surface area contributed by atoms with E-state index in [9.17, 15) is 9.13 Å². The third kappa shape index (κ3) is 92.6. The first-order chi connectivity index (χ1) is 16.4. The van der Waals surface area contributed by atoms with E-state index in [1.807, 2.05) is 13.8 Å². The number of hydrogen-bond donors (Lipinski definition) is 0. The van der Waals surface area contributed by atoms with Gasteiger partial charge in [-0.05, 0) is 61.1 Å². The van der Waals surface area contributed by atoms with Crippen LogP contribution in [0.1, 0.15) is 83.1 Å². The summed E-state index contributed by atoms with van der Waals surface area (Å²) in [5, 5.41) is 0. The SMILES string of the molecule is C.C.C.C.C=C(C)CCN(C)C.C=C(C)CCOP(C)(C)=O.C=C(C)CCOP(C)(C)=O.C=C(C)CC[N+](C)(C)C. The van der Waals surface area contributed by atoms with E-state index in [4.69, 9.17) is 9.05 Å². The summed E-state index contributed by atoms with van der Waals surface area (Å²) in [7, 11) is 6.21. The van der Waals surface area contributed by atoms with Gasteiger partial charge in [0.15, 0.2) is 14.7 Å². The minimum absolute atomic E-state index is 0. The van der Waals surface area contributed by atoms with Crippen LogP contribution < -0.4 is 0 Å². The molecule has 0 heterocycles. The molecule has 0 bridgehead atoms. The minimum atomic E-state index is -2.26. The Hall–Kier alpha value is -0.740. The molecular formula is C33H79N2O4P2+. The van der Waals surface area contributed by atoms with Crippen LogP contribution in [0.4, 0.5) is 0 Å². The molecule has 0 aliphatic rings. The Labute approximate surface area is 261 Å². The van der Waals surface area contributed by atoms with Gasteiger partial charge >= 0.3 is 0 Å². The molecular weight excluding hydrogens is 550 g/mol. The van der Waals surface area contributed by atoms with Crippen LogP contribution in [0.15, 0.2) is 48.6 Å². The third-order valence-corrected chi connectivity index (χ3v) is 5.67. The maximum absolute atomic E-state index is 10.9. The molecule has 0 aromatic carbocycles. The van der Waals surface area contributed by atoms with Crippen molar-refractivity contribution in [2.45, 2.75) is 83.1 Å². The molecule has 0 spiro atoms. The van der Waals surface area contributed by atoms with E-state index >= 15 is 0 Å². The zero-order valence-corrected chi connectivity index (χ0v) is 28.7. The van der Waals surface area contributed by atoms with E-state index in [1.54, 1.807) is 26.7 Å². The fourth-order valence-electron chi connectivity index (χ4n) is 1.82. The lowest BCUT2D eigenvalue weighted by Crippen LogP contribution is -2.35. The molecule has 0 saturated heterocycles. The average Bonchev–Trinajstić information content (AvgIpc) is 2.63. The van der Waals surface area contributed by atoms with Crippen LogP contribution in [0.5, 0.6) is 0 Å². The molecule has 6 nitrogen and oxygen atoms in total. The van der Waals surface area contributed by atoms with Crippen LogP contribution in [0.2, 0.25) is 0 Å². The molecule has 0 rings (SSSR count). The maximum Gasteiger partial charge on any atom is 0.197 e. The van der Waals surface area contributed by atoms with Crippen molar-refractivity contribution < 1.29 is 22.7 Å². The van der Waals surface area contributed by atoms with Crippen molar-refractivity contribution in [1.29, 1.82) is 0 Å². The Morgan fingerprint density at radius 3 is 1.00 bits per heavy atom. The van der Waals surface area contributed by atoms with Crippen LogP contribution in [0.25, 0.3) is 0 Å². The number of quaternary nitrogens is 1. The summed E-state index contributed by atoms with van der Waals surface area (Å²) < 4.78 is 33.0. The molecule has 0 N–H and O–H groups in total. The van der Waals surface area contributed by atoms with E-state index in [-0.39, 0.29) is 29.7 Å². The summed E-state index contributed by atoms with van der Waals surface area (Å²) in [5.74, 6) is 0. The highest BCUT2D eigenvalue weighted by atomic mass is 31.2. The molecule has 0 amide bonds. The Kier molecular flexibility index (Phi) is 46.8. The molecule has 0 saturated carbocycles. The van der Waals surface area contributed by atoms with Crippen molar-refractivity contribution in [3.63, 3.8) is 0 Å². The molecule has 0 radical (unpaired) electrons. The third-order valence-electron chi connectivity index (χ3n) is 4.06. The topological polar surface area (TPSA) is 55.8 Å². The minimum Gasteiger partial charge on any atom is -0.331 e. The summed E-state index contributed by atoms with van der Waals surface area (Å²) in [5.41, 5.74) is 4.67. The van der Waals surface area contributed by atoms with Crippen LogP contribution in [0.3, 0.4) is 0 Å². The van der Waals surface area contributed by atoms with E-state index in [1.165, 1.54) is 17.7 Å². The van der Waals surface area contributed by atoms with E-state index < -0.39 is 14.7 Å². The van der Waals surface area contributed by atoms with Gasteiger partial charge in [-0.2, -0.15) is 0 Å². The summed E-state index contributed by atoms with van der Waals surface area (Å²) in [6.45, 7) is 32.9. The normalized spacial score (nSPS) is 10.1. The fraction of sp³-hybridized carbons (Fsp3) is 0.758. The highest BCUT2D eigenvalue weighted by molar-refractivity contribution is 7.57. The molecule has 8 heteroatoms. The van der Waals surface area contributed by atoms with Gasteiger partial charge in [-0.3, -0.25) is 9.13 Å². The average molecular weight is 630 g/mol. The highest BCUT2D eigenvalue weighted by Crippen LogP contribution is 2.37. The fourth-order valence-corrected chi connectivity index (χ4v) is 2.88. The quantitative estimate of drug-likeness (QED) is 0.109. The Bertz CT molecular complexity index is 705. The summed E-state index contributed by atoms with van der Waals surface area (Å²) in [6, 6.07) is 0. The van der Waals surface area contributed by atoms with Crippen molar-refractivity contribution in [3.8, 4) is 0 Å². The zero-order valence-electron chi connectivity index (χ0n) is 26.9. The smallest absolute Gasteiger partial charge is 0.197 e. The Morgan fingerprint density at radius 2 is 0.878 bits per heavy atom. The molecule has 0 atom stereocenters. The molecule has 0 fully saturated rings. The molecule has 41 heavy (non-hydrogen) atoms. The predicted octanol–water partition coefficient (Wildman–Crippen LogP) is 10.7. The lowest BCUT2D eigenvalue weighted by Gasteiger charge is -2.23. The first-order valence-corrected chi connectivity index (χ1v) is 17.8. The van der Waals surface area contributed by atoms with Crippen LogP contribution in [-0.2, 0) is 18.2 Å². The molecule has 0 aromatic rings. The Balaban J connectivity index is -0.0000000574. The van der Waals surface area contributed by atoms with Crippen LogP contribution in [-0.4, -0.2) is 97.6 Å². The summed E-state index contributed by atoms with van der Waals surface area (Å²) in [6.07, 6.45) is 3.86. The van der Waals surface area contributed by atoms with E-state index in [0.29, 0.717) is 13.2 Å². The van der Waals surface area contributed by atoms with Gasteiger partial charge in [-0.15, -0.1) is 19.7 Å². The van der Waals surface area contributed by atoms with Gasteiger partial charge in [0.05, 0.1) is 40.9 Å². The lowest BCUT2D eigenvalue weighted by atomic mass is 10.2. The highest BCUT2D eigenvalue weighted by Gasteiger charge is 2.06. The maximum atomic E-state index is 10.9. The number of rotatable bonds is 14. The first-order valence-electron chi connectivity index (χ1n) is 12.8. The van der Waals surface area contributed by atoms with Gasteiger partial charge in [0.1, 0.15) is 0 Å². The van der Waals surface area contributed by atoms with E-state index in [2.05, 4.69) is 80.3 Å². The van der Waals surface area contributed by atoms with Crippen LogP contribution in [0, 0.1) is 0 Å². The van der Waals surface area contributed by atoms with Crippen LogP contribution >= 0.6 is 14.7 Å². The van der Waals surface area contributed by atoms with Crippen molar-refractivity contribution in [2.75, 3.05) is 88.2 Å². The van der Waals surface area contributed by atoms with Gasteiger partial charge in [-0.25, -0.2) is 0 Å². The molecule has 0 aliphatic heterocycles. The van der Waals surface area contributed by atoms with Gasteiger partial charge < -0.3 is 18.4 Å². The summed E-state index contributed by atoms with van der Waals surface area (Å²) in [4.78, 5) is 2.16. The molecule has 0 aliphatic carbocycles. The van der Waals surface area contributed by atoms with Gasteiger partial charge in [-0.1, -0.05) is 58.6 Å². The van der Waals surface area contributed by atoms with Crippen molar-refractivity contribution >= 4 is 14.7 Å². The number of nitrogens with zero attached hydrogens (tertiary/aromatic N) is 2. The monoisotopic (exact) mass is 630 g/mol. The second kappa shape index (κ2) is 32.2. The van der Waals surface area contributed by atoms with Gasteiger partial charge in [0.2, 0.25) is 0 Å². The zero-order chi connectivity index (χ0) is 30.5. The second-order valence-electron chi connectivity index (χ2n) is 11.8. The van der Waals surface area contributed by atoms with Crippen molar-refractivity contribution in [1.82, 2.24) is 4.90 Å². The second-order valence-corrected chi connectivity index (χ2v) is 17.3. The predicted molar refractivity (Wildman–Crippen MR) is 197 cm³/mol. The van der Waals surface area contributed by atoms with Gasteiger partial charge in [0.25, 0.3) is 0 Å². The first kappa shape index (κ1) is 59.6. The molecule has 254 valence electrons. The van der Waals surface area contributed by atoms with Gasteiger partial charge in [0, 0.05) is 39.6 Å². The molecule has 0 unspecified atom stereocenters. The lowest BCUT2D eigenvalue weighted by molar-refractivity contribution is -0.870. The van der Waals surface area contributed by atoms with Crippen molar-refractivity contribution in [2.24, 2.45) is 0 Å². The molecule has 0 aromatic heterocycles. The van der Waals surface area contributed by atoms with Crippen molar-refractivity contribution in [3.05, 3.63) is 48.6 Å².